The van der Waals surface area contributed by atoms with Crippen molar-refractivity contribution in [1.29, 1.82) is 0 Å². The van der Waals surface area contributed by atoms with Crippen molar-refractivity contribution in [3.8, 4) is 17.2 Å². The van der Waals surface area contributed by atoms with Gasteiger partial charge in [0.15, 0.2) is 0 Å². The van der Waals surface area contributed by atoms with Crippen molar-refractivity contribution in [3.63, 3.8) is 0 Å². The minimum Gasteiger partial charge on any atom is -0.497 e. The second-order valence-corrected chi connectivity index (χ2v) is 9.90. The molecule has 0 atom stereocenters. The standard InChI is InChI=1S/C30H31N3O7S/c1-37-17-5-16-33-29(35)26(32-24-15-12-22(39-3)18-25(24)40-4)27(30(33)36)41-23-13-8-20(9-14-23)31-28(34)19-6-10-21(38-2)11-7-19/h6-15,18,32H,5,16-17H2,1-4H3,(H,31,34). The molecule has 3 amide bonds. The van der Waals surface area contributed by atoms with E-state index in [1.807, 2.05) is 0 Å². The molecule has 0 bridgehead atoms. The van der Waals surface area contributed by atoms with Gasteiger partial charge in [0.1, 0.15) is 27.9 Å². The lowest BCUT2D eigenvalue weighted by Gasteiger charge is -2.15. The van der Waals surface area contributed by atoms with E-state index in [4.69, 9.17) is 18.9 Å². The number of ether oxygens (including phenoxy) is 4. The van der Waals surface area contributed by atoms with E-state index in [1.54, 1.807) is 88.1 Å². The van der Waals surface area contributed by atoms with E-state index in [9.17, 15) is 14.4 Å². The summed E-state index contributed by atoms with van der Waals surface area (Å²) < 4.78 is 21.0. The van der Waals surface area contributed by atoms with Gasteiger partial charge in [-0.25, -0.2) is 0 Å². The van der Waals surface area contributed by atoms with Gasteiger partial charge in [-0.05, 0) is 67.1 Å². The van der Waals surface area contributed by atoms with Crippen molar-refractivity contribution in [2.24, 2.45) is 0 Å². The van der Waals surface area contributed by atoms with E-state index in [0.29, 0.717) is 52.1 Å². The van der Waals surface area contributed by atoms with Gasteiger partial charge >= 0.3 is 0 Å². The van der Waals surface area contributed by atoms with Gasteiger partial charge in [0, 0.05) is 42.5 Å². The molecule has 3 aromatic rings. The number of thioether (sulfide) groups is 1. The second kappa shape index (κ2) is 13.7. The van der Waals surface area contributed by atoms with Gasteiger partial charge in [0.05, 0.1) is 27.0 Å². The van der Waals surface area contributed by atoms with Crippen LogP contribution in [0, 0.1) is 0 Å². The summed E-state index contributed by atoms with van der Waals surface area (Å²) in [4.78, 5) is 41.6. The van der Waals surface area contributed by atoms with Crippen LogP contribution >= 0.6 is 11.8 Å². The van der Waals surface area contributed by atoms with E-state index in [0.717, 1.165) is 11.8 Å². The summed E-state index contributed by atoms with van der Waals surface area (Å²) in [7, 11) is 6.19. The average molecular weight is 578 g/mol. The predicted molar refractivity (Wildman–Crippen MR) is 157 cm³/mol. The van der Waals surface area contributed by atoms with Gasteiger partial charge in [-0.2, -0.15) is 0 Å². The maximum absolute atomic E-state index is 13.4. The van der Waals surface area contributed by atoms with Gasteiger partial charge < -0.3 is 29.6 Å². The van der Waals surface area contributed by atoms with Crippen molar-refractivity contribution >= 4 is 40.9 Å². The first-order valence-corrected chi connectivity index (χ1v) is 13.5. The van der Waals surface area contributed by atoms with Crippen molar-refractivity contribution < 1.29 is 33.3 Å². The number of anilines is 2. The predicted octanol–water partition coefficient (Wildman–Crippen LogP) is 4.79. The fourth-order valence-electron chi connectivity index (χ4n) is 4.04. The van der Waals surface area contributed by atoms with Gasteiger partial charge in [0.2, 0.25) is 0 Å². The minimum atomic E-state index is -0.435. The molecule has 1 aliphatic rings. The highest BCUT2D eigenvalue weighted by molar-refractivity contribution is 8.04. The topological polar surface area (TPSA) is 115 Å². The number of hydrogen-bond donors (Lipinski definition) is 2. The molecule has 1 aliphatic heterocycles. The molecule has 41 heavy (non-hydrogen) atoms. The van der Waals surface area contributed by atoms with Crippen LogP contribution in [0.1, 0.15) is 16.8 Å². The quantitative estimate of drug-likeness (QED) is 0.219. The molecule has 0 fully saturated rings. The summed E-state index contributed by atoms with van der Waals surface area (Å²) in [5, 5.41) is 5.97. The number of amides is 3. The Bertz CT molecular complexity index is 1440. The van der Waals surface area contributed by atoms with Crippen LogP contribution in [-0.4, -0.2) is 64.2 Å². The zero-order chi connectivity index (χ0) is 29.4. The Hall–Kier alpha value is -4.48. The molecule has 0 unspecified atom stereocenters. The normalized spacial score (nSPS) is 12.9. The molecule has 3 aromatic carbocycles. The van der Waals surface area contributed by atoms with Gasteiger partial charge in [-0.1, -0.05) is 11.8 Å². The first-order valence-electron chi connectivity index (χ1n) is 12.7. The molecule has 1 heterocycles. The number of rotatable bonds is 13. The fraction of sp³-hybridized carbons (Fsp3) is 0.233. The van der Waals surface area contributed by atoms with E-state index in [1.165, 1.54) is 12.0 Å². The molecule has 0 radical (unpaired) electrons. The largest absolute Gasteiger partial charge is 0.497 e. The Morgan fingerprint density at radius 1 is 0.829 bits per heavy atom. The van der Waals surface area contributed by atoms with Crippen molar-refractivity contribution in [2.45, 2.75) is 11.3 Å². The van der Waals surface area contributed by atoms with Gasteiger partial charge in [-0.15, -0.1) is 0 Å². The molecule has 0 spiro atoms. The van der Waals surface area contributed by atoms with Crippen LogP contribution in [0.4, 0.5) is 11.4 Å². The second-order valence-electron chi connectivity index (χ2n) is 8.81. The van der Waals surface area contributed by atoms with Gasteiger partial charge in [-0.3, -0.25) is 19.3 Å². The summed E-state index contributed by atoms with van der Waals surface area (Å²) in [6.07, 6.45) is 0.508. The smallest absolute Gasteiger partial charge is 0.278 e. The number of nitrogens with one attached hydrogen (secondary N) is 2. The van der Waals surface area contributed by atoms with Crippen molar-refractivity contribution in [3.05, 3.63) is 82.9 Å². The summed E-state index contributed by atoms with van der Waals surface area (Å²) in [5.74, 6) is 0.604. The van der Waals surface area contributed by atoms with Crippen LogP contribution in [0.3, 0.4) is 0 Å². The van der Waals surface area contributed by atoms with Gasteiger partial charge in [0.25, 0.3) is 17.7 Å². The zero-order valence-electron chi connectivity index (χ0n) is 23.2. The van der Waals surface area contributed by atoms with Crippen LogP contribution in [0.5, 0.6) is 17.2 Å². The van der Waals surface area contributed by atoms with Crippen LogP contribution in [0.15, 0.2) is 82.2 Å². The van der Waals surface area contributed by atoms with Crippen LogP contribution in [-0.2, 0) is 14.3 Å². The Labute approximate surface area is 242 Å². The molecule has 0 aliphatic carbocycles. The Kier molecular flexibility index (Phi) is 9.88. The zero-order valence-corrected chi connectivity index (χ0v) is 24.0. The number of nitrogens with zero attached hydrogens (tertiary/aromatic N) is 1. The van der Waals surface area contributed by atoms with E-state index >= 15 is 0 Å². The lowest BCUT2D eigenvalue weighted by atomic mass is 10.2. The molecular weight excluding hydrogens is 546 g/mol. The third-order valence-electron chi connectivity index (χ3n) is 6.21. The highest BCUT2D eigenvalue weighted by atomic mass is 32.2. The lowest BCUT2D eigenvalue weighted by Crippen LogP contribution is -2.33. The molecule has 0 saturated carbocycles. The minimum absolute atomic E-state index is 0.151. The summed E-state index contributed by atoms with van der Waals surface area (Å²) >= 11 is 1.16. The van der Waals surface area contributed by atoms with Crippen LogP contribution in [0.25, 0.3) is 0 Å². The molecule has 11 heteroatoms. The monoisotopic (exact) mass is 577 g/mol. The number of benzene rings is 3. The maximum Gasteiger partial charge on any atom is 0.278 e. The van der Waals surface area contributed by atoms with Crippen LogP contribution < -0.4 is 24.8 Å². The highest BCUT2D eigenvalue weighted by Gasteiger charge is 2.39. The molecule has 2 N–H and O–H groups in total. The first-order chi connectivity index (χ1) is 19.9. The Balaban J connectivity index is 1.56. The number of imide groups is 1. The third-order valence-corrected chi connectivity index (χ3v) is 7.30. The lowest BCUT2D eigenvalue weighted by molar-refractivity contribution is -0.137. The average Bonchev–Trinajstić information content (AvgIpc) is 3.21. The SMILES string of the molecule is COCCCN1C(=O)C(Nc2ccc(OC)cc2OC)=C(Sc2ccc(NC(=O)c3ccc(OC)cc3)cc2)C1=O. The summed E-state index contributed by atoms with van der Waals surface area (Å²) in [6, 6.07) is 19.0. The molecule has 0 aromatic heterocycles. The molecule has 4 rings (SSSR count). The number of carbonyl (C=O) groups excluding carboxylic acids is 3. The number of hydrogen-bond acceptors (Lipinski definition) is 9. The van der Waals surface area contributed by atoms with E-state index in [-0.39, 0.29) is 23.1 Å². The molecule has 214 valence electrons. The maximum atomic E-state index is 13.4. The van der Waals surface area contributed by atoms with E-state index in [2.05, 4.69) is 10.6 Å². The molecule has 10 nitrogen and oxygen atoms in total. The van der Waals surface area contributed by atoms with E-state index < -0.39 is 11.8 Å². The summed E-state index contributed by atoms with van der Waals surface area (Å²) in [6.45, 7) is 0.634. The number of carbonyl (C=O) groups is 3. The van der Waals surface area contributed by atoms with Crippen molar-refractivity contribution in [2.75, 3.05) is 52.2 Å². The van der Waals surface area contributed by atoms with Crippen molar-refractivity contribution in [1.82, 2.24) is 4.90 Å². The van der Waals surface area contributed by atoms with Crippen LogP contribution in [0.2, 0.25) is 0 Å². The highest BCUT2D eigenvalue weighted by Crippen LogP contribution is 2.38. The first kappa shape index (κ1) is 29.5. The number of methoxy groups -OCH3 is 4. The molecular formula is C30H31N3O7S. The Morgan fingerprint density at radius 2 is 1.51 bits per heavy atom. The molecule has 0 saturated heterocycles. The third kappa shape index (κ3) is 7.00. The fourth-order valence-corrected chi connectivity index (χ4v) is 4.98. The summed E-state index contributed by atoms with van der Waals surface area (Å²) in [5.41, 5.74) is 1.74. The Morgan fingerprint density at radius 3 is 2.15 bits per heavy atom.